The number of nitrogens with one attached hydrogen (secondary N) is 3. The third kappa shape index (κ3) is 5.18. The van der Waals surface area contributed by atoms with E-state index in [1.165, 1.54) is 29.8 Å². The fraction of sp³-hybridized carbons (Fsp3) is 0.238. The molecule has 0 fully saturated rings. The first-order valence-corrected chi connectivity index (χ1v) is 11.6. The molecule has 1 aromatic carbocycles. The van der Waals surface area contributed by atoms with Gasteiger partial charge in [-0.1, -0.05) is 0 Å². The minimum Gasteiger partial charge on any atom is -0.408 e. The Bertz CT molecular complexity index is 1480. The zero-order valence-corrected chi connectivity index (χ0v) is 19.1. The van der Waals surface area contributed by atoms with Gasteiger partial charge in [0.15, 0.2) is 5.58 Å². The summed E-state index contributed by atoms with van der Waals surface area (Å²) in [4.78, 5) is 24.6. The number of fused-ring (bicyclic) bond motifs is 1. The minimum absolute atomic E-state index is 0.0430. The van der Waals surface area contributed by atoms with Crippen molar-refractivity contribution in [2.24, 2.45) is 7.05 Å². The summed E-state index contributed by atoms with van der Waals surface area (Å²) in [5, 5.41) is 6.23. The van der Waals surface area contributed by atoms with Gasteiger partial charge < -0.3 is 15.1 Å². The maximum absolute atomic E-state index is 12.6. The van der Waals surface area contributed by atoms with Crippen molar-refractivity contribution in [2.75, 3.05) is 23.7 Å². The fourth-order valence-electron chi connectivity index (χ4n) is 3.19. The average molecular weight is 470 g/mol. The van der Waals surface area contributed by atoms with Crippen LogP contribution in [-0.2, 0) is 17.1 Å². The molecule has 0 spiro atoms. The van der Waals surface area contributed by atoms with E-state index in [1.54, 1.807) is 19.2 Å². The maximum atomic E-state index is 12.6. The predicted molar refractivity (Wildman–Crippen MR) is 124 cm³/mol. The lowest BCUT2D eigenvalue weighted by molar-refractivity contribution is 0.528. The number of benzene rings is 1. The highest BCUT2D eigenvalue weighted by atomic mass is 32.2. The maximum Gasteiger partial charge on any atom is 0.419 e. The standard InChI is InChI=1S/C21H23N7O4S/c1-13-6-7-22-18(10-13)27-20-12-19(25-14(2)26-20)23-8-9-24-33(30,31)15-4-5-17-16(11-15)28(3)21(29)32-17/h4-7,10-12,24H,8-9H2,1-3H3,(H2,22,23,25,26,27). The van der Waals surface area contributed by atoms with E-state index >= 15 is 0 Å². The molecule has 0 aliphatic heterocycles. The predicted octanol–water partition coefficient (Wildman–Crippen LogP) is 2.07. The smallest absolute Gasteiger partial charge is 0.408 e. The first-order chi connectivity index (χ1) is 15.7. The van der Waals surface area contributed by atoms with Gasteiger partial charge >= 0.3 is 5.76 Å². The lowest BCUT2D eigenvalue weighted by Gasteiger charge is -2.11. The van der Waals surface area contributed by atoms with Crippen LogP contribution in [0.1, 0.15) is 11.4 Å². The van der Waals surface area contributed by atoms with Gasteiger partial charge in [0.2, 0.25) is 10.0 Å². The Balaban J connectivity index is 1.38. The number of aromatic nitrogens is 4. The van der Waals surface area contributed by atoms with Crippen molar-refractivity contribution in [3.8, 4) is 0 Å². The minimum atomic E-state index is -3.78. The second kappa shape index (κ2) is 9.00. The van der Waals surface area contributed by atoms with Crippen molar-refractivity contribution in [3.63, 3.8) is 0 Å². The Hall–Kier alpha value is -3.77. The average Bonchev–Trinajstić information content (AvgIpc) is 3.04. The van der Waals surface area contributed by atoms with E-state index in [2.05, 4.69) is 30.3 Å². The molecule has 4 rings (SSSR count). The third-order valence-corrected chi connectivity index (χ3v) is 6.26. The van der Waals surface area contributed by atoms with Gasteiger partial charge in [-0.15, -0.1) is 0 Å². The lowest BCUT2D eigenvalue weighted by atomic mass is 10.3. The van der Waals surface area contributed by atoms with Crippen LogP contribution in [0.25, 0.3) is 11.1 Å². The van der Waals surface area contributed by atoms with E-state index in [1.807, 2.05) is 19.1 Å². The normalized spacial score (nSPS) is 11.6. The quantitative estimate of drug-likeness (QED) is 0.330. The second-order valence-electron chi connectivity index (χ2n) is 7.41. The SMILES string of the molecule is Cc1ccnc(Nc2cc(NCCNS(=O)(=O)c3ccc4oc(=O)n(C)c4c3)nc(C)n2)c1. The summed E-state index contributed by atoms with van der Waals surface area (Å²) >= 11 is 0. The van der Waals surface area contributed by atoms with E-state index in [9.17, 15) is 13.2 Å². The molecular weight excluding hydrogens is 446 g/mol. The van der Waals surface area contributed by atoms with Crippen molar-refractivity contribution in [3.05, 3.63) is 64.5 Å². The number of hydrogen-bond acceptors (Lipinski definition) is 9. The van der Waals surface area contributed by atoms with Crippen molar-refractivity contribution in [1.29, 1.82) is 0 Å². The fourth-order valence-corrected chi connectivity index (χ4v) is 4.24. The number of rotatable bonds is 8. The highest BCUT2D eigenvalue weighted by molar-refractivity contribution is 7.89. The van der Waals surface area contributed by atoms with Crippen LogP contribution in [0.15, 0.2) is 56.7 Å². The molecule has 4 aromatic rings. The number of oxazole rings is 1. The first kappa shape index (κ1) is 22.4. The number of hydrogen-bond donors (Lipinski definition) is 3. The van der Waals surface area contributed by atoms with Crippen molar-refractivity contribution < 1.29 is 12.8 Å². The molecule has 0 saturated carbocycles. The zero-order valence-electron chi connectivity index (χ0n) is 18.3. The Morgan fingerprint density at radius 3 is 2.58 bits per heavy atom. The molecule has 12 heteroatoms. The number of aryl methyl sites for hydroxylation is 3. The Morgan fingerprint density at radius 2 is 1.79 bits per heavy atom. The summed E-state index contributed by atoms with van der Waals surface area (Å²) < 4.78 is 34.1. The van der Waals surface area contributed by atoms with Gasteiger partial charge in [-0.05, 0) is 49.7 Å². The molecule has 0 bridgehead atoms. The number of nitrogens with zero attached hydrogens (tertiary/aromatic N) is 4. The highest BCUT2D eigenvalue weighted by Crippen LogP contribution is 2.18. The highest BCUT2D eigenvalue weighted by Gasteiger charge is 2.16. The van der Waals surface area contributed by atoms with E-state index < -0.39 is 15.8 Å². The van der Waals surface area contributed by atoms with Crippen LogP contribution in [0.5, 0.6) is 0 Å². The summed E-state index contributed by atoms with van der Waals surface area (Å²) in [5.74, 6) is 1.78. The van der Waals surface area contributed by atoms with Crippen molar-refractivity contribution in [2.45, 2.75) is 18.7 Å². The van der Waals surface area contributed by atoms with Gasteiger partial charge in [0.05, 0.1) is 10.4 Å². The van der Waals surface area contributed by atoms with Gasteiger partial charge in [-0.25, -0.2) is 32.9 Å². The number of anilines is 3. The molecule has 0 aliphatic rings. The molecule has 0 atom stereocenters. The third-order valence-electron chi connectivity index (χ3n) is 4.81. The molecule has 0 saturated heterocycles. The summed E-state index contributed by atoms with van der Waals surface area (Å²) in [5.41, 5.74) is 1.80. The number of sulfonamides is 1. The summed E-state index contributed by atoms with van der Waals surface area (Å²) in [7, 11) is -2.26. The molecule has 0 aliphatic carbocycles. The van der Waals surface area contributed by atoms with Gasteiger partial charge in [0.1, 0.15) is 23.3 Å². The van der Waals surface area contributed by atoms with Crippen LogP contribution < -0.4 is 21.1 Å². The Kier molecular flexibility index (Phi) is 6.11. The van der Waals surface area contributed by atoms with E-state index in [4.69, 9.17) is 4.42 Å². The van der Waals surface area contributed by atoms with Crippen molar-refractivity contribution in [1.82, 2.24) is 24.2 Å². The van der Waals surface area contributed by atoms with Crippen LogP contribution >= 0.6 is 0 Å². The summed E-state index contributed by atoms with van der Waals surface area (Å²) in [6, 6.07) is 9.79. The van der Waals surface area contributed by atoms with E-state index in [0.717, 1.165) is 5.56 Å². The summed E-state index contributed by atoms with van der Waals surface area (Å²) in [6.45, 7) is 4.16. The largest absolute Gasteiger partial charge is 0.419 e. The molecule has 3 heterocycles. The van der Waals surface area contributed by atoms with Crippen molar-refractivity contribution >= 4 is 38.6 Å². The molecule has 3 aromatic heterocycles. The van der Waals surface area contributed by atoms with Gasteiger partial charge in [0.25, 0.3) is 0 Å². The molecule has 172 valence electrons. The van der Waals surface area contributed by atoms with Gasteiger partial charge in [-0.2, -0.15) is 0 Å². The number of pyridine rings is 1. The topological polar surface area (TPSA) is 144 Å². The molecule has 0 amide bonds. The monoisotopic (exact) mass is 469 g/mol. The van der Waals surface area contributed by atoms with Crippen LogP contribution in [0.4, 0.5) is 17.5 Å². The summed E-state index contributed by atoms with van der Waals surface area (Å²) in [6.07, 6.45) is 1.71. The van der Waals surface area contributed by atoms with Crippen LogP contribution in [0.3, 0.4) is 0 Å². The Labute approximate surface area is 190 Å². The molecule has 0 radical (unpaired) electrons. The van der Waals surface area contributed by atoms with E-state index in [-0.39, 0.29) is 11.4 Å². The van der Waals surface area contributed by atoms with Gasteiger partial charge in [-0.3, -0.25) is 4.57 Å². The molecule has 3 N–H and O–H groups in total. The van der Waals surface area contributed by atoms with Gasteiger partial charge in [0, 0.05) is 32.4 Å². The van der Waals surface area contributed by atoms with Crippen LogP contribution in [0.2, 0.25) is 0 Å². The molecule has 0 unspecified atom stereocenters. The molecular formula is C21H23N7O4S. The second-order valence-corrected chi connectivity index (χ2v) is 9.18. The van der Waals surface area contributed by atoms with E-state index in [0.29, 0.717) is 40.9 Å². The Morgan fingerprint density at radius 1 is 1.00 bits per heavy atom. The lowest BCUT2D eigenvalue weighted by Crippen LogP contribution is -2.29. The molecule has 33 heavy (non-hydrogen) atoms. The molecule has 11 nitrogen and oxygen atoms in total. The van der Waals surface area contributed by atoms with Crippen LogP contribution in [0, 0.1) is 13.8 Å². The first-order valence-electron chi connectivity index (χ1n) is 10.1. The zero-order chi connectivity index (χ0) is 23.6. The van der Waals surface area contributed by atoms with Crippen LogP contribution in [-0.4, -0.2) is 41.0 Å².